The van der Waals surface area contributed by atoms with Crippen LogP contribution < -0.4 is 0 Å². The minimum Gasteiger partial charge on any atom is -0.270 e. The lowest BCUT2D eigenvalue weighted by atomic mass is 9.87. The van der Waals surface area contributed by atoms with Crippen molar-refractivity contribution in [2.24, 2.45) is 0 Å². The van der Waals surface area contributed by atoms with Crippen molar-refractivity contribution in [2.75, 3.05) is 0 Å². The molecule has 0 aliphatic carbocycles. The summed E-state index contributed by atoms with van der Waals surface area (Å²) in [5.41, 5.74) is 6.10. The van der Waals surface area contributed by atoms with Crippen LogP contribution in [0.5, 0.6) is 0 Å². The smallest absolute Gasteiger partial charge is 0.196 e. The Hall–Kier alpha value is -3.37. The van der Waals surface area contributed by atoms with Gasteiger partial charge in [-0.2, -0.15) is 0 Å². The SMILES string of the molecule is Cc1ccc(-n2c(SCc3cccc4ccccc34)nnc2-c2ccc(C(C)(C)C)cc2)cc1. The zero-order valence-electron chi connectivity index (χ0n) is 20.1. The van der Waals surface area contributed by atoms with Crippen LogP contribution in [0.2, 0.25) is 0 Å². The maximum atomic E-state index is 4.64. The van der Waals surface area contributed by atoms with Crippen molar-refractivity contribution < 1.29 is 0 Å². The summed E-state index contributed by atoms with van der Waals surface area (Å²) >= 11 is 1.73. The average molecular weight is 464 g/mol. The third-order valence-corrected chi connectivity index (χ3v) is 7.15. The number of hydrogen-bond acceptors (Lipinski definition) is 3. The molecule has 34 heavy (non-hydrogen) atoms. The summed E-state index contributed by atoms with van der Waals surface area (Å²) in [4.78, 5) is 0. The lowest BCUT2D eigenvalue weighted by Gasteiger charge is -2.19. The van der Waals surface area contributed by atoms with Crippen molar-refractivity contribution in [3.05, 3.63) is 108 Å². The molecule has 0 amide bonds. The highest BCUT2D eigenvalue weighted by Gasteiger charge is 2.18. The third-order valence-electron chi connectivity index (χ3n) is 6.17. The van der Waals surface area contributed by atoms with Gasteiger partial charge in [-0.3, -0.25) is 4.57 Å². The van der Waals surface area contributed by atoms with Gasteiger partial charge in [-0.1, -0.05) is 117 Å². The Kier molecular flexibility index (Phi) is 6.01. The molecule has 1 heterocycles. The van der Waals surface area contributed by atoms with Gasteiger partial charge in [0.2, 0.25) is 0 Å². The molecule has 1 aromatic heterocycles. The minimum atomic E-state index is 0.114. The highest BCUT2D eigenvalue weighted by atomic mass is 32.2. The van der Waals surface area contributed by atoms with Gasteiger partial charge in [-0.15, -0.1) is 10.2 Å². The molecule has 0 saturated carbocycles. The molecule has 5 aromatic rings. The molecule has 0 unspecified atom stereocenters. The molecule has 3 nitrogen and oxygen atoms in total. The number of aryl methyl sites for hydroxylation is 1. The number of aromatic nitrogens is 3. The monoisotopic (exact) mass is 463 g/mol. The summed E-state index contributed by atoms with van der Waals surface area (Å²) < 4.78 is 2.18. The van der Waals surface area contributed by atoms with Crippen LogP contribution in [-0.2, 0) is 11.2 Å². The predicted molar refractivity (Wildman–Crippen MR) is 144 cm³/mol. The van der Waals surface area contributed by atoms with E-state index in [1.807, 2.05) is 0 Å². The molecule has 0 N–H and O–H groups in total. The first-order valence-corrected chi connectivity index (χ1v) is 12.6. The standard InChI is InChI=1S/C30H29N3S/c1-21-12-18-26(19-13-21)33-28(23-14-16-25(17-15-23)30(2,3)4)31-32-29(33)34-20-24-10-7-9-22-8-5-6-11-27(22)24/h5-19H,20H2,1-4H3. The Morgan fingerprint density at radius 1 is 0.765 bits per heavy atom. The Morgan fingerprint density at radius 2 is 1.47 bits per heavy atom. The minimum absolute atomic E-state index is 0.114. The lowest BCUT2D eigenvalue weighted by molar-refractivity contribution is 0.590. The molecule has 0 aliphatic heterocycles. The van der Waals surface area contributed by atoms with E-state index in [1.165, 1.54) is 27.5 Å². The fourth-order valence-electron chi connectivity index (χ4n) is 4.16. The van der Waals surface area contributed by atoms with Crippen LogP contribution in [-0.4, -0.2) is 14.8 Å². The predicted octanol–water partition coefficient (Wildman–Crippen LogP) is 7.99. The maximum absolute atomic E-state index is 4.64. The zero-order valence-corrected chi connectivity index (χ0v) is 20.9. The summed E-state index contributed by atoms with van der Waals surface area (Å²) in [7, 11) is 0. The van der Waals surface area contributed by atoms with Crippen LogP contribution in [0.3, 0.4) is 0 Å². The first-order chi connectivity index (χ1) is 16.4. The van der Waals surface area contributed by atoms with Gasteiger partial charge >= 0.3 is 0 Å². The van der Waals surface area contributed by atoms with Crippen LogP contribution in [0.1, 0.15) is 37.5 Å². The van der Waals surface area contributed by atoms with Crippen molar-refractivity contribution >= 4 is 22.5 Å². The molecule has 4 heteroatoms. The second kappa shape index (κ2) is 9.11. The molecule has 0 atom stereocenters. The van der Waals surface area contributed by atoms with Gasteiger partial charge < -0.3 is 0 Å². The Bertz CT molecular complexity index is 1420. The van der Waals surface area contributed by atoms with Gasteiger partial charge in [-0.25, -0.2) is 0 Å². The first-order valence-electron chi connectivity index (χ1n) is 11.6. The summed E-state index contributed by atoms with van der Waals surface area (Å²) in [5.74, 6) is 1.69. The Balaban J connectivity index is 1.54. The van der Waals surface area contributed by atoms with Crippen molar-refractivity contribution in [3.8, 4) is 17.1 Å². The van der Waals surface area contributed by atoms with Crippen molar-refractivity contribution in [1.82, 2.24) is 14.8 Å². The first kappa shape index (κ1) is 22.4. The largest absolute Gasteiger partial charge is 0.270 e. The molecule has 0 spiro atoms. The molecule has 0 radical (unpaired) electrons. The lowest BCUT2D eigenvalue weighted by Crippen LogP contribution is -2.10. The van der Waals surface area contributed by atoms with Crippen molar-refractivity contribution in [1.29, 1.82) is 0 Å². The van der Waals surface area contributed by atoms with Gasteiger partial charge in [0, 0.05) is 17.0 Å². The average Bonchev–Trinajstić information content (AvgIpc) is 3.26. The highest BCUT2D eigenvalue weighted by molar-refractivity contribution is 7.98. The second-order valence-electron chi connectivity index (χ2n) is 9.73. The molecular weight excluding hydrogens is 434 g/mol. The molecule has 0 bridgehead atoms. The molecule has 0 fully saturated rings. The van der Waals surface area contributed by atoms with E-state index in [-0.39, 0.29) is 5.41 Å². The Labute approximate surface area is 205 Å². The number of nitrogens with zero attached hydrogens (tertiary/aromatic N) is 3. The number of rotatable bonds is 5. The summed E-state index contributed by atoms with van der Waals surface area (Å²) in [5, 5.41) is 12.7. The van der Waals surface area contributed by atoms with Crippen LogP contribution in [0, 0.1) is 6.92 Å². The van der Waals surface area contributed by atoms with E-state index in [0.717, 1.165) is 28.0 Å². The number of fused-ring (bicyclic) bond motifs is 1. The highest BCUT2D eigenvalue weighted by Crippen LogP contribution is 2.32. The number of benzene rings is 4. The van der Waals surface area contributed by atoms with Gasteiger partial charge in [-0.05, 0) is 46.4 Å². The van der Waals surface area contributed by atoms with Crippen molar-refractivity contribution in [3.63, 3.8) is 0 Å². The van der Waals surface area contributed by atoms with E-state index >= 15 is 0 Å². The summed E-state index contributed by atoms with van der Waals surface area (Å²) in [6, 6.07) is 32.3. The quantitative estimate of drug-likeness (QED) is 0.248. The molecule has 170 valence electrons. The number of hydrogen-bond donors (Lipinski definition) is 0. The fraction of sp³-hybridized carbons (Fsp3) is 0.200. The van der Waals surface area contributed by atoms with E-state index in [2.05, 4.69) is 133 Å². The number of thioether (sulfide) groups is 1. The normalized spacial score (nSPS) is 11.8. The molecule has 4 aromatic carbocycles. The Morgan fingerprint density at radius 3 is 2.21 bits per heavy atom. The van der Waals surface area contributed by atoms with Crippen LogP contribution in [0.4, 0.5) is 0 Å². The van der Waals surface area contributed by atoms with Crippen LogP contribution in [0.15, 0.2) is 96.2 Å². The zero-order chi connectivity index (χ0) is 23.7. The fourth-order valence-corrected chi connectivity index (χ4v) is 5.11. The third kappa shape index (κ3) is 4.51. The van der Waals surface area contributed by atoms with E-state index < -0.39 is 0 Å². The van der Waals surface area contributed by atoms with E-state index in [9.17, 15) is 0 Å². The topological polar surface area (TPSA) is 30.7 Å². The molecule has 5 rings (SSSR count). The molecule has 0 saturated heterocycles. The summed E-state index contributed by atoms with van der Waals surface area (Å²) in [6.45, 7) is 8.81. The van der Waals surface area contributed by atoms with Crippen molar-refractivity contribution in [2.45, 2.75) is 44.0 Å². The maximum Gasteiger partial charge on any atom is 0.196 e. The second-order valence-corrected chi connectivity index (χ2v) is 10.7. The van der Waals surface area contributed by atoms with Gasteiger partial charge in [0.05, 0.1) is 0 Å². The van der Waals surface area contributed by atoms with Crippen LogP contribution >= 0.6 is 11.8 Å². The van der Waals surface area contributed by atoms with Gasteiger partial charge in [0.15, 0.2) is 11.0 Å². The molecule has 0 aliphatic rings. The van der Waals surface area contributed by atoms with Gasteiger partial charge in [0.25, 0.3) is 0 Å². The van der Waals surface area contributed by atoms with E-state index in [4.69, 9.17) is 0 Å². The van der Waals surface area contributed by atoms with E-state index in [0.29, 0.717) is 0 Å². The van der Waals surface area contributed by atoms with Gasteiger partial charge in [0.1, 0.15) is 0 Å². The summed E-state index contributed by atoms with van der Waals surface area (Å²) in [6.07, 6.45) is 0. The molecular formula is C30H29N3S. The van der Waals surface area contributed by atoms with E-state index in [1.54, 1.807) is 11.8 Å². The van der Waals surface area contributed by atoms with Crippen LogP contribution in [0.25, 0.3) is 27.8 Å².